The summed E-state index contributed by atoms with van der Waals surface area (Å²) >= 11 is 5.43. The van der Waals surface area contributed by atoms with Gasteiger partial charge < -0.3 is 5.32 Å². The lowest BCUT2D eigenvalue weighted by molar-refractivity contribution is 0.546. The predicted molar refractivity (Wildman–Crippen MR) is 92.1 cm³/mol. The van der Waals surface area contributed by atoms with E-state index in [9.17, 15) is 4.39 Å². The van der Waals surface area contributed by atoms with Crippen LogP contribution in [-0.4, -0.2) is 23.1 Å². The van der Waals surface area contributed by atoms with Crippen LogP contribution in [0.4, 0.5) is 4.39 Å². The Morgan fingerprint density at radius 1 is 1.35 bits per heavy atom. The molecule has 0 fully saturated rings. The van der Waals surface area contributed by atoms with E-state index in [1.54, 1.807) is 6.07 Å². The van der Waals surface area contributed by atoms with Gasteiger partial charge in [-0.05, 0) is 37.1 Å². The Bertz CT molecular complexity index is 417. The fraction of sp³-hybridized carbons (Fsp3) is 0.625. The quantitative estimate of drug-likeness (QED) is 0.730. The number of halogens is 2. The molecule has 0 aromatic heterocycles. The van der Waals surface area contributed by atoms with E-state index in [1.807, 2.05) is 17.8 Å². The zero-order valence-corrected chi connectivity index (χ0v) is 15.2. The maximum Gasteiger partial charge on any atom is 0.124 e. The standard InChI is InChI=1S/C16H25BrFNS/c1-5-8-19-14(11-20-16(2,3)4)9-12-6-7-13(18)10-15(12)17/h6-7,10,14,19H,5,8-9,11H2,1-4H3. The summed E-state index contributed by atoms with van der Waals surface area (Å²) in [5.41, 5.74) is 1.16. The van der Waals surface area contributed by atoms with Crippen LogP contribution in [-0.2, 0) is 6.42 Å². The molecule has 0 amide bonds. The first-order chi connectivity index (χ1) is 9.31. The maximum absolute atomic E-state index is 13.1. The van der Waals surface area contributed by atoms with Crippen LogP contribution in [0.2, 0.25) is 0 Å². The highest BCUT2D eigenvalue weighted by Gasteiger charge is 2.16. The largest absolute Gasteiger partial charge is 0.313 e. The second-order valence-corrected chi connectivity index (χ2v) is 8.72. The van der Waals surface area contributed by atoms with E-state index in [2.05, 4.69) is 48.9 Å². The van der Waals surface area contributed by atoms with E-state index in [0.29, 0.717) is 6.04 Å². The molecule has 0 radical (unpaired) electrons. The highest BCUT2D eigenvalue weighted by atomic mass is 79.9. The minimum absolute atomic E-state index is 0.192. The monoisotopic (exact) mass is 361 g/mol. The van der Waals surface area contributed by atoms with Crippen molar-refractivity contribution in [3.05, 3.63) is 34.1 Å². The Morgan fingerprint density at radius 3 is 2.60 bits per heavy atom. The SMILES string of the molecule is CCCNC(CSC(C)(C)C)Cc1ccc(F)cc1Br. The second kappa shape index (κ2) is 8.40. The lowest BCUT2D eigenvalue weighted by Crippen LogP contribution is -2.35. The van der Waals surface area contributed by atoms with Gasteiger partial charge in [-0.25, -0.2) is 4.39 Å². The predicted octanol–water partition coefficient (Wildman–Crippen LogP) is 5.03. The van der Waals surface area contributed by atoms with E-state index in [1.165, 1.54) is 6.07 Å². The highest BCUT2D eigenvalue weighted by molar-refractivity contribution is 9.10. The molecule has 1 atom stereocenters. The molecule has 1 aromatic carbocycles. The molecule has 20 heavy (non-hydrogen) atoms. The highest BCUT2D eigenvalue weighted by Crippen LogP contribution is 2.26. The number of nitrogens with one attached hydrogen (secondary N) is 1. The van der Waals surface area contributed by atoms with Crippen LogP contribution in [0.3, 0.4) is 0 Å². The minimum Gasteiger partial charge on any atom is -0.313 e. The average Bonchev–Trinajstić information content (AvgIpc) is 2.34. The molecule has 1 aromatic rings. The fourth-order valence-corrected chi connectivity index (χ4v) is 3.29. The van der Waals surface area contributed by atoms with Crippen LogP contribution in [0.1, 0.15) is 39.7 Å². The van der Waals surface area contributed by atoms with Crippen molar-refractivity contribution >= 4 is 27.7 Å². The molecule has 0 spiro atoms. The lowest BCUT2D eigenvalue weighted by atomic mass is 10.1. The van der Waals surface area contributed by atoms with Crippen molar-refractivity contribution < 1.29 is 4.39 Å². The third kappa shape index (κ3) is 7.09. The Hall–Kier alpha value is -0.0600. The molecule has 0 heterocycles. The molecule has 0 aliphatic rings. The van der Waals surface area contributed by atoms with Crippen LogP contribution < -0.4 is 5.32 Å². The van der Waals surface area contributed by atoms with Crippen LogP contribution in [0, 0.1) is 5.82 Å². The van der Waals surface area contributed by atoms with Gasteiger partial charge in [-0.2, -0.15) is 11.8 Å². The summed E-state index contributed by atoms with van der Waals surface area (Å²) in [6.07, 6.45) is 2.05. The van der Waals surface area contributed by atoms with Gasteiger partial charge in [0.1, 0.15) is 5.82 Å². The van der Waals surface area contributed by atoms with Gasteiger partial charge in [-0.3, -0.25) is 0 Å². The Morgan fingerprint density at radius 2 is 2.05 bits per heavy atom. The first-order valence-electron chi connectivity index (χ1n) is 7.13. The molecule has 1 rings (SSSR count). The second-order valence-electron chi connectivity index (χ2n) is 6.01. The van der Waals surface area contributed by atoms with Crippen molar-refractivity contribution in [1.29, 1.82) is 0 Å². The van der Waals surface area contributed by atoms with Gasteiger partial charge in [-0.1, -0.05) is 49.7 Å². The average molecular weight is 362 g/mol. The van der Waals surface area contributed by atoms with Crippen molar-refractivity contribution in [3.63, 3.8) is 0 Å². The number of benzene rings is 1. The zero-order chi connectivity index (χ0) is 15.2. The zero-order valence-electron chi connectivity index (χ0n) is 12.8. The van der Waals surface area contributed by atoms with Gasteiger partial charge in [0.25, 0.3) is 0 Å². The van der Waals surface area contributed by atoms with E-state index >= 15 is 0 Å². The lowest BCUT2D eigenvalue weighted by Gasteiger charge is -2.24. The van der Waals surface area contributed by atoms with Crippen LogP contribution in [0.15, 0.2) is 22.7 Å². The first kappa shape index (κ1) is 18.0. The van der Waals surface area contributed by atoms with Crippen molar-refractivity contribution in [3.8, 4) is 0 Å². The Labute approximate surface area is 135 Å². The van der Waals surface area contributed by atoms with Crippen molar-refractivity contribution in [2.45, 2.75) is 51.3 Å². The summed E-state index contributed by atoms with van der Waals surface area (Å²) in [4.78, 5) is 0. The third-order valence-corrected chi connectivity index (χ3v) is 5.06. The topological polar surface area (TPSA) is 12.0 Å². The molecule has 4 heteroatoms. The van der Waals surface area contributed by atoms with E-state index in [0.717, 1.165) is 35.2 Å². The van der Waals surface area contributed by atoms with Crippen LogP contribution in [0.5, 0.6) is 0 Å². The molecule has 0 aliphatic carbocycles. The molecule has 0 saturated heterocycles. The van der Waals surface area contributed by atoms with Crippen LogP contribution in [0.25, 0.3) is 0 Å². The van der Waals surface area contributed by atoms with Crippen LogP contribution >= 0.6 is 27.7 Å². The molecular formula is C16H25BrFNS. The third-order valence-electron chi connectivity index (χ3n) is 2.88. The normalized spacial score (nSPS) is 13.5. The fourth-order valence-electron chi connectivity index (χ4n) is 1.84. The number of thioether (sulfide) groups is 1. The Kier molecular flexibility index (Phi) is 7.56. The van der Waals surface area contributed by atoms with Gasteiger partial charge >= 0.3 is 0 Å². The van der Waals surface area contributed by atoms with Gasteiger partial charge in [-0.15, -0.1) is 0 Å². The maximum atomic E-state index is 13.1. The van der Waals surface area contributed by atoms with Gasteiger partial charge in [0.15, 0.2) is 0 Å². The molecule has 1 unspecified atom stereocenters. The molecule has 0 aliphatic heterocycles. The van der Waals surface area contributed by atoms with E-state index < -0.39 is 0 Å². The number of hydrogen-bond acceptors (Lipinski definition) is 2. The van der Waals surface area contributed by atoms with Gasteiger partial charge in [0.05, 0.1) is 0 Å². The number of rotatable bonds is 7. The summed E-state index contributed by atoms with van der Waals surface area (Å²) in [6, 6.07) is 5.37. The summed E-state index contributed by atoms with van der Waals surface area (Å²) < 4.78 is 14.3. The minimum atomic E-state index is -0.192. The Balaban J connectivity index is 2.67. The van der Waals surface area contributed by atoms with E-state index in [-0.39, 0.29) is 10.6 Å². The summed E-state index contributed by atoms with van der Waals surface area (Å²) in [7, 11) is 0. The van der Waals surface area contributed by atoms with Crippen molar-refractivity contribution in [1.82, 2.24) is 5.32 Å². The smallest absolute Gasteiger partial charge is 0.124 e. The summed E-state index contributed by atoms with van der Waals surface area (Å²) in [5.74, 6) is 0.871. The first-order valence-corrected chi connectivity index (χ1v) is 8.91. The molecule has 0 bridgehead atoms. The molecule has 1 nitrogen and oxygen atoms in total. The number of hydrogen-bond donors (Lipinski definition) is 1. The van der Waals surface area contributed by atoms with E-state index in [4.69, 9.17) is 0 Å². The van der Waals surface area contributed by atoms with Gasteiger partial charge in [0, 0.05) is 21.0 Å². The molecule has 1 N–H and O–H groups in total. The van der Waals surface area contributed by atoms with Gasteiger partial charge in [0.2, 0.25) is 0 Å². The summed E-state index contributed by atoms with van der Waals surface area (Å²) in [6.45, 7) is 9.91. The molecule has 114 valence electrons. The molecule has 0 saturated carbocycles. The summed E-state index contributed by atoms with van der Waals surface area (Å²) in [5, 5.41) is 3.60. The van der Waals surface area contributed by atoms with Crippen molar-refractivity contribution in [2.24, 2.45) is 0 Å². The van der Waals surface area contributed by atoms with Crippen molar-refractivity contribution in [2.75, 3.05) is 12.3 Å². The molecular weight excluding hydrogens is 337 g/mol.